The number of aromatic nitrogens is 2. The number of nitrogens with two attached hydrogens (primary N) is 1. The second-order valence-electron chi connectivity index (χ2n) is 8.08. The molecule has 1 saturated heterocycles. The van der Waals surface area contributed by atoms with E-state index in [-0.39, 0.29) is 23.0 Å². The van der Waals surface area contributed by atoms with Crippen molar-refractivity contribution in [2.45, 2.75) is 5.92 Å². The molecule has 3 N–H and O–H groups in total. The third kappa shape index (κ3) is 3.89. The summed E-state index contributed by atoms with van der Waals surface area (Å²) in [6.45, 7) is 2.11. The zero-order chi connectivity index (χ0) is 24.5. The Hall–Kier alpha value is -4.56. The van der Waals surface area contributed by atoms with Crippen LogP contribution in [0.15, 0.2) is 53.9 Å². The van der Waals surface area contributed by atoms with Crippen LogP contribution < -0.4 is 20.1 Å². The van der Waals surface area contributed by atoms with E-state index in [0.717, 1.165) is 5.56 Å². The van der Waals surface area contributed by atoms with Crippen molar-refractivity contribution in [3.63, 3.8) is 0 Å². The number of benzene rings is 2. The van der Waals surface area contributed by atoms with Crippen LogP contribution in [0, 0.1) is 21.4 Å². The van der Waals surface area contributed by atoms with Gasteiger partial charge in [0.15, 0.2) is 0 Å². The van der Waals surface area contributed by atoms with Crippen LogP contribution in [0.5, 0.6) is 11.6 Å². The van der Waals surface area contributed by atoms with Crippen LogP contribution in [0.25, 0.3) is 11.3 Å². The van der Waals surface area contributed by atoms with Crippen molar-refractivity contribution in [2.24, 2.45) is 5.73 Å². The van der Waals surface area contributed by atoms with E-state index in [1.54, 1.807) is 31.4 Å². The van der Waals surface area contributed by atoms with Crippen LogP contribution in [0.4, 0.5) is 11.4 Å². The van der Waals surface area contributed by atoms with Crippen LogP contribution >= 0.6 is 0 Å². The topological polar surface area (TPSA) is 153 Å². The number of methoxy groups -OCH3 is 1. The predicted octanol–water partition coefficient (Wildman–Crippen LogP) is 3.05. The number of nitrogens with zero attached hydrogens (tertiary/aromatic N) is 4. The number of fused-ring (bicyclic) bond motifs is 1. The van der Waals surface area contributed by atoms with Gasteiger partial charge < -0.3 is 24.8 Å². The lowest BCUT2D eigenvalue weighted by molar-refractivity contribution is -0.384. The molecule has 5 rings (SSSR count). The molecule has 2 aliphatic rings. The normalized spacial score (nSPS) is 17.4. The molecule has 35 heavy (non-hydrogen) atoms. The van der Waals surface area contributed by atoms with Crippen molar-refractivity contribution < 1.29 is 19.1 Å². The summed E-state index contributed by atoms with van der Waals surface area (Å²) < 4.78 is 16.3. The van der Waals surface area contributed by atoms with Gasteiger partial charge in [0.2, 0.25) is 11.8 Å². The molecule has 0 aliphatic carbocycles. The number of rotatable bonds is 5. The molecular formula is C24H22N6O5. The number of H-pyrrole nitrogens is 1. The molecule has 2 aromatic carbocycles. The van der Waals surface area contributed by atoms with Gasteiger partial charge in [-0.15, -0.1) is 5.10 Å². The van der Waals surface area contributed by atoms with Crippen LogP contribution in [0.1, 0.15) is 17.0 Å². The summed E-state index contributed by atoms with van der Waals surface area (Å²) in [5.41, 5.74) is 9.19. The van der Waals surface area contributed by atoms with Gasteiger partial charge in [0, 0.05) is 24.7 Å². The first kappa shape index (κ1) is 22.2. The molecule has 178 valence electrons. The maximum atomic E-state index is 12.1. The lowest BCUT2D eigenvalue weighted by Gasteiger charge is -2.29. The highest BCUT2D eigenvalue weighted by atomic mass is 16.6. The number of nitrogens with one attached hydrogen (secondary N) is 1. The summed E-state index contributed by atoms with van der Waals surface area (Å²) in [5, 5.41) is 29.2. The summed E-state index contributed by atoms with van der Waals surface area (Å²) in [7, 11) is 1.58. The number of hydrogen-bond acceptors (Lipinski definition) is 9. The van der Waals surface area contributed by atoms with Gasteiger partial charge in [-0.1, -0.05) is 6.07 Å². The monoisotopic (exact) mass is 474 g/mol. The Morgan fingerprint density at radius 1 is 1.26 bits per heavy atom. The Morgan fingerprint density at radius 2 is 2.00 bits per heavy atom. The van der Waals surface area contributed by atoms with Crippen molar-refractivity contribution in [3.8, 4) is 29.0 Å². The fourth-order valence-corrected chi connectivity index (χ4v) is 4.49. The molecule has 0 radical (unpaired) electrons. The van der Waals surface area contributed by atoms with Crippen molar-refractivity contribution >= 4 is 11.4 Å². The van der Waals surface area contributed by atoms with Gasteiger partial charge in [-0.3, -0.25) is 15.2 Å². The number of allylic oxidation sites excluding steroid dienone is 1. The van der Waals surface area contributed by atoms with Crippen LogP contribution in [0.3, 0.4) is 0 Å². The molecule has 0 bridgehead atoms. The fraction of sp³-hybridized carbons (Fsp3) is 0.250. The highest BCUT2D eigenvalue weighted by Gasteiger charge is 2.37. The van der Waals surface area contributed by atoms with Gasteiger partial charge in [0.1, 0.15) is 23.1 Å². The third-order valence-corrected chi connectivity index (χ3v) is 6.20. The SMILES string of the molecule is COc1ccc(-c2[nH]nc3c2[C@@H](c2ccc(N4CCOCC4)c([N+](=O)[O-])c2)C(C#N)=C(N)O3)cc1. The minimum atomic E-state index is -0.711. The van der Waals surface area contributed by atoms with Crippen molar-refractivity contribution in [1.29, 1.82) is 5.26 Å². The first-order valence-corrected chi connectivity index (χ1v) is 10.9. The zero-order valence-corrected chi connectivity index (χ0v) is 18.9. The minimum Gasteiger partial charge on any atom is -0.497 e. The zero-order valence-electron chi connectivity index (χ0n) is 18.9. The number of anilines is 1. The van der Waals surface area contributed by atoms with E-state index < -0.39 is 10.8 Å². The number of nitro groups is 1. The van der Waals surface area contributed by atoms with Crippen LogP contribution in [0.2, 0.25) is 0 Å². The smallest absolute Gasteiger partial charge is 0.292 e. The van der Waals surface area contributed by atoms with Crippen molar-refractivity contribution in [2.75, 3.05) is 38.3 Å². The Labute approximate surface area is 200 Å². The fourth-order valence-electron chi connectivity index (χ4n) is 4.49. The quantitative estimate of drug-likeness (QED) is 0.419. The molecule has 0 saturated carbocycles. The molecule has 3 aromatic rings. The average molecular weight is 474 g/mol. The number of hydrogen-bond donors (Lipinski definition) is 2. The highest BCUT2D eigenvalue weighted by Crippen LogP contribution is 2.47. The number of ether oxygens (including phenoxy) is 3. The summed E-state index contributed by atoms with van der Waals surface area (Å²) in [6, 6.07) is 14.4. The van der Waals surface area contributed by atoms with Crippen LogP contribution in [-0.2, 0) is 4.74 Å². The molecule has 0 amide bonds. The van der Waals surface area contributed by atoms with E-state index in [9.17, 15) is 15.4 Å². The van der Waals surface area contributed by atoms with Gasteiger partial charge in [0.05, 0.1) is 42.4 Å². The summed E-state index contributed by atoms with van der Waals surface area (Å²) >= 11 is 0. The van der Waals surface area contributed by atoms with E-state index >= 15 is 0 Å². The molecule has 0 unspecified atom stereocenters. The second-order valence-corrected chi connectivity index (χ2v) is 8.08. The van der Waals surface area contributed by atoms with Crippen molar-refractivity contribution in [3.05, 3.63) is 75.2 Å². The first-order chi connectivity index (χ1) is 17.0. The molecule has 3 heterocycles. The molecule has 2 aliphatic heterocycles. The number of nitriles is 1. The first-order valence-electron chi connectivity index (χ1n) is 10.9. The predicted molar refractivity (Wildman–Crippen MR) is 126 cm³/mol. The van der Waals surface area contributed by atoms with Gasteiger partial charge in [-0.05, 0) is 35.9 Å². The average Bonchev–Trinajstić information content (AvgIpc) is 3.31. The Bertz CT molecular complexity index is 1350. The number of morpholine rings is 1. The lowest BCUT2D eigenvalue weighted by atomic mass is 9.82. The highest BCUT2D eigenvalue weighted by molar-refractivity contribution is 5.73. The maximum absolute atomic E-state index is 12.1. The molecule has 1 atom stereocenters. The van der Waals surface area contributed by atoms with E-state index in [4.69, 9.17) is 19.9 Å². The Kier molecular flexibility index (Phi) is 5.72. The summed E-state index contributed by atoms with van der Waals surface area (Å²) in [4.78, 5) is 13.6. The van der Waals surface area contributed by atoms with Gasteiger partial charge in [-0.2, -0.15) is 5.26 Å². The second kappa shape index (κ2) is 9.00. The molecule has 1 aromatic heterocycles. The Morgan fingerprint density at radius 3 is 2.66 bits per heavy atom. The van der Waals surface area contributed by atoms with Crippen molar-refractivity contribution in [1.82, 2.24) is 10.2 Å². The molecular weight excluding hydrogens is 452 g/mol. The van der Waals surface area contributed by atoms with Gasteiger partial charge >= 0.3 is 0 Å². The summed E-state index contributed by atoms with van der Waals surface area (Å²) in [6.07, 6.45) is 0. The largest absolute Gasteiger partial charge is 0.497 e. The van der Waals surface area contributed by atoms with Crippen LogP contribution in [-0.4, -0.2) is 48.5 Å². The molecule has 1 fully saturated rings. The summed E-state index contributed by atoms with van der Waals surface area (Å²) in [5.74, 6) is 0.109. The van der Waals surface area contributed by atoms with Gasteiger partial charge in [-0.25, -0.2) is 0 Å². The maximum Gasteiger partial charge on any atom is 0.292 e. The van der Waals surface area contributed by atoms with E-state index in [1.165, 1.54) is 6.07 Å². The third-order valence-electron chi connectivity index (χ3n) is 6.20. The van der Waals surface area contributed by atoms with E-state index in [2.05, 4.69) is 16.3 Å². The number of aromatic amines is 1. The molecule has 0 spiro atoms. The minimum absolute atomic E-state index is 0.0530. The molecule has 11 heteroatoms. The lowest BCUT2D eigenvalue weighted by Crippen LogP contribution is -2.36. The standard InChI is InChI=1S/C24H22N6O5/c1-33-16-5-2-14(3-6-16)22-21-20(17(13-25)23(26)35-24(21)28-27-22)15-4-7-18(19(12-15)30(31)32)29-8-10-34-11-9-29/h2-7,12,20H,8-11,26H2,1H3,(H,27,28)/t20-/m0/s1. The van der Waals surface area contributed by atoms with E-state index in [0.29, 0.717) is 54.6 Å². The number of nitro benzene ring substituents is 1. The molecule has 11 nitrogen and oxygen atoms in total. The Balaban J connectivity index is 1.65. The van der Waals surface area contributed by atoms with Gasteiger partial charge in [0.25, 0.3) is 5.69 Å². The van der Waals surface area contributed by atoms with E-state index in [1.807, 2.05) is 17.0 Å².